The highest BCUT2D eigenvalue weighted by Gasteiger charge is 2.22. The van der Waals surface area contributed by atoms with E-state index in [1.807, 2.05) is 0 Å². The summed E-state index contributed by atoms with van der Waals surface area (Å²) in [5.74, 6) is 0.363. The summed E-state index contributed by atoms with van der Waals surface area (Å²) in [5.41, 5.74) is 0. The summed E-state index contributed by atoms with van der Waals surface area (Å²) in [6.45, 7) is 0.874. The van der Waals surface area contributed by atoms with Gasteiger partial charge < -0.3 is 15.2 Å². The number of aliphatic hydroxyl groups excluding tert-OH is 1. The van der Waals surface area contributed by atoms with Crippen LogP contribution in [0.5, 0.6) is 0 Å². The molecule has 0 radical (unpaired) electrons. The molecule has 1 unspecified atom stereocenters. The number of ether oxygens (including phenoxy) is 1. The van der Waals surface area contributed by atoms with Gasteiger partial charge >= 0.3 is 0 Å². The lowest BCUT2D eigenvalue weighted by molar-refractivity contribution is -0.124. The second-order valence-electron chi connectivity index (χ2n) is 4.17. The van der Waals surface area contributed by atoms with Crippen LogP contribution in [0.3, 0.4) is 0 Å². The van der Waals surface area contributed by atoms with Crippen LogP contribution in [0.4, 0.5) is 0 Å². The Morgan fingerprint density at radius 3 is 2.80 bits per heavy atom. The molecule has 1 saturated carbocycles. The normalized spacial score (nSPS) is 19.1. The molecule has 0 bridgehead atoms. The Morgan fingerprint density at radius 1 is 1.53 bits per heavy atom. The highest BCUT2D eigenvalue weighted by Crippen LogP contribution is 2.24. The summed E-state index contributed by atoms with van der Waals surface area (Å²) in [6.07, 6.45) is 4.47. The second kappa shape index (κ2) is 6.80. The molecule has 0 aliphatic heterocycles. The summed E-state index contributed by atoms with van der Waals surface area (Å²) >= 11 is 0. The zero-order valence-electron chi connectivity index (χ0n) is 9.37. The highest BCUT2D eigenvalue weighted by atomic mass is 16.5. The van der Waals surface area contributed by atoms with Gasteiger partial charge in [0.1, 0.15) is 0 Å². The third kappa shape index (κ3) is 4.62. The molecule has 0 aromatic carbocycles. The number of hydrogen-bond donors (Lipinski definition) is 2. The van der Waals surface area contributed by atoms with Crippen molar-refractivity contribution in [1.29, 1.82) is 0 Å². The Balaban J connectivity index is 2.06. The van der Waals surface area contributed by atoms with Gasteiger partial charge in [-0.25, -0.2) is 0 Å². The highest BCUT2D eigenvalue weighted by molar-refractivity contribution is 5.78. The third-order valence-electron chi connectivity index (χ3n) is 2.86. The largest absolute Gasteiger partial charge is 0.391 e. The van der Waals surface area contributed by atoms with Crippen LogP contribution < -0.4 is 5.32 Å². The molecule has 4 heteroatoms. The molecule has 0 spiro atoms. The van der Waals surface area contributed by atoms with Crippen LogP contribution >= 0.6 is 0 Å². The van der Waals surface area contributed by atoms with E-state index < -0.39 is 6.10 Å². The summed E-state index contributed by atoms with van der Waals surface area (Å²) < 4.78 is 4.80. The van der Waals surface area contributed by atoms with Crippen molar-refractivity contribution < 1.29 is 14.6 Å². The van der Waals surface area contributed by atoms with E-state index in [1.165, 1.54) is 12.8 Å². The van der Waals surface area contributed by atoms with Crippen molar-refractivity contribution in [3.8, 4) is 0 Å². The van der Waals surface area contributed by atoms with E-state index in [1.54, 1.807) is 7.11 Å². The van der Waals surface area contributed by atoms with Gasteiger partial charge in [0.25, 0.3) is 0 Å². The van der Waals surface area contributed by atoms with Crippen LogP contribution in [0, 0.1) is 5.92 Å². The standard InChI is InChI=1S/C11H21NO3/c1-15-8-10(13)6-7-12-11(14)9-4-2-3-5-9/h9-10,13H,2-8H2,1H3,(H,12,14). The maximum Gasteiger partial charge on any atom is 0.223 e. The first kappa shape index (κ1) is 12.5. The number of rotatable bonds is 6. The average molecular weight is 215 g/mol. The summed E-state index contributed by atoms with van der Waals surface area (Å²) in [4.78, 5) is 11.6. The van der Waals surface area contributed by atoms with Gasteiger partial charge in [0.2, 0.25) is 5.91 Å². The molecule has 15 heavy (non-hydrogen) atoms. The van der Waals surface area contributed by atoms with E-state index >= 15 is 0 Å². The fourth-order valence-electron chi connectivity index (χ4n) is 1.97. The van der Waals surface area contributed by atoms with Gasteiger partial charge in [-0.2, -0.15) is 0 Å². The maximum absolute atomic E-state index is 11.6. The zero-order valence-corrected chi connectivity index (χ0v) is 9.37. The monoisotopic (exact) mass is 215 g/mol. The number of carbonyl (C=O) groups excluding carboxylic acids is 1. The molecule has 1 rings (SSSR count). The van der Waals surface area contributed by atoms with Gasteiger partial charge in [-0.3, -0.25) is 4.79 Å². The van der Waals surface area contributed by atoms with Crippen molar-refractivity contribution in [3.63, 3.8) is 0 Å². The van der Waals surface area contributed by atoms with Crippen molar-refractivity contribution in [2.75, 3.05) is 20.3 Å². The molecule has 0 aromatic heterocycles. The molecule has 2 N–H and O–H groups in total. The first-order chi connectivity index (χ1) is 7.24. The lowest BCUT2D eigenvalue weighted by atomic mass is 10.1. The number of aliphatic hydroxyl groups is 1. The quantitative estimate of drug-likeness (QED) is 0.685. The summed E-state index contributed by atoms with van der Waals surface area (Å²) in [6, 6.07) is 0. The average Bonchev–Trinajstić information content (AvgIpc) is 2.70. The lowest BCUT2D eigenvalue weighted by Gasteiger charge is -2.12. The predicted octanol–water partition coefficient (Wildman–Crippen LogP) is 0.690. The van der Waals surface area contributed by atoms with E-state index in [9.17, 15) is 9.90 Å². The molecule has 0 heterocycles. The summed E-state index contributed by atoms with van der Waals surface area (Å²) in [7, 11) is 1.56. The molecule has 4 nitrogen and oxygen atoms in total. The van der Waals surface area contributed by atoms with Gasteiger partial charge in [0.05, 0.1) is 12.7 Å². The Kier molecular flexibility index (Phi) is 5.65. The minimum absolute atomic E-state index is 0.150. The van der Waals surface area contributed by atoms with Crippen molar-refractivity contribution >= 4 is 5.91 Å². The summed E-state index contributed by atoms with van der Waals surface area (Å²) in [5, 5.41) is 12.2. The Labute approximate surface area is 91.0 Å². The van der Waals surface area contributed by atoms with Gasteiger partial charge in [-0.1, -0.05) is 12.8 Å². The van der Waals surface area contributed by atoms with Crippen molar-refractivity contribution in [1.82, 2.24) is 5.32 Å². The SMILES string of the molecule is COCC(O)CCNC(=O)C1CCCC1. The fraction of sp³-hybridized carbons (Fsp3) is 0.909. The maximum atomic E-state index is 11.6. The molecule has 1 amide bonds. The van der Waals surface area contributed by atoms with Gasteiger partial charge in [-0.15, -0.1) is 0 Å². The van der Waals surface area contributed by atoms with Crippen LogP contribution in [0.2, 0.25) is 0 Å². The molecule has 0 saturated heterocycles. The number of nitrogens with one attached hydrogen (secondary N) is 1. The predicted molar refractivity (Wildman–Crippen MR) is 57.5 cm³/mol. The van der Waals surface area contributed by atoms with Crippen LogP contribution in [0.1, 0.15) is 32.1 Å². The van der Waals surface area contributed by atoms with E-state index in [4.69, 9.17) is 4.74 Å². The van der Waals surface area contributed by atoms with Crippen LogP contribution in [-0.2, 0) is 9.53 Å². The molecule has 1 aliphatic carbocycles. The molecule has 1 atom stereocenters. The van der Waals surface area contributed by atoms with Crippen molar-refractivity contribution in [3.05, 3.63) is 0 Å². The number of methoxy groups -OCH3 is 1. The smallest absolute Gasteiger partial charge is 0.223 e. The van der Waals surface area contributed by atoms with E-state index in [0.717, 1.165) is 12.8 Å². The van der Waals surface area contributed by atoms with Crippen LogP contribution in [0.15, 0.2) is 0 Å². The van der Waals surface area contributed by atoms with Gasteiger partial charge in [-0.05, 0) is 19.3 Å². The molecule has 0 aromatic rings. The zero-order chi connectivity index (χ0) is 11.1. The Bertz CT molecular complexity index is 190. The molecular formula is C11H21NO3. The Hall–Kier alpha value is -0.610. The minimum Gasteiger partial charge on any atom is -0.391 e. The van der Waals surface area contributed by atoms with E-state index in [0.29, 0.717) is 19.6 Å². The van der Waals surface area contributed by atoms with E-state index in [2.05, 4.69) is 5.32 Å². The Morgan fingerprint density at radius 2 is 2.20 bits per heavy atom. The number of amides is 1. The van der Waals surface area contributed by atoms with Crippen molar-refractivity contribution in [2.24, 2.45) is 5.92 Å². The third-order valence-corrected chi connectivity index (χ3v) is 2.86. The van der Waals surface area contributed by atoms with Crippen LogP contribution in [0.25, 0.3) is 0 Å². The van der Waals surface area contributed by atoms with E-state index in [-0.39, 0.29) is 11.8 Å². The molecule has 1 fully saturated rings. The first-order valence-corrected chi connectivity index (χ1v) is 5.68. The minimum atomic E-state index is -0.473. The molecule has 88 valence electrons. The lowest BCUT2D eigenvalue weighted by Crippen LogP contribution is -2.32. The van der Waals surface area contributed by atoms with Gasteiger partial charge in [0.15, 0.2) is 0 Å². The number of carbonyl (C=O) groups is 1. The fourth-order valence-corrected chi connectivity index (χ4v) is 1.97. The van der Waals surface area contributed by atoms with Gasteiger partial charge in [0, 0.05) is 19.6 Å². The number of hydrogen-bond acceptors (Lipinski definition) is 3. The van der Waals surface area contributed by atoms with Crippen molar-refractivity contribution in [2.45, 2.75) is 38.2 Å². The molecular weight excluding hydrogens is 194 g/mol. The van der Waals surface area contributed by atoms with Crippen LogP contribution in [-0.4, -0.2) is 37.4 Å². The topological polar surface area (TPSA) is 58.6 Å². The second-order valence-corrected chi connectivity index (χ2v) is 4.17. The molecule has 1 aliphatic rings. The first-order valence-electron chi connectivity index (χ1n) is 5.68.